The number of carbonyl (C=O) groups is 2. The zero-order valence-corrected chi connectivity index (χ0v) is 15.1. The number of ether oxygens (including phenoxy) is 1. The van der Waals surface area contributed by atoms with Gasteiger partial charge in [0.25, 0.3) is 5.91 Å². The molecule has 3 rings (SSSR count). The van der Waals surface area contributed by atoms with Crippen LogP contribution in [0.15, 0.2) is 42.5 Å². The van der Waals surface area contributed by atoms with Gasteiger partial charge in [-0.15, -0.1) is 0 Å². The van der Waals surface area contributed by atoms with Gasteiger partial charge in [-0.25, -0.2) is 4.79 Å². The Balaban J connectivity index is 2.09. The lowest BCUT2D eigenvalue weighted by molar-refractivity contribution is -0.251. The molecule has 0 radical (unpaired) electrons. The van der Waals surface area contributed by atoms with Crippen LogP contribution in [0, 0.1) is 3.57 Å². The Kier molecular flexibility index (Phi) is 4.44. The topological polar surface area (TPSA) is 55.4 Å². The van der Waals surface area contributed by atoms with Gasteiger partial charge in [0.15, 0.2) is 0 Å². The lowest BCUT2D eigenvalue weighted by Gasteiger charge is -2.29. The number of anilines is 1. The van der Waals surface area contributed by atoms with Gasteiger partial charge in [-0.05, 0) is 59.0 Å². The van der Waals surface area contributed by atoms with Gasteiger partial charge < -0.3 is 10.1 Å². The molecule has 4 nitrogen and oxygen atoms in total. The van der Waals surface area contributed by atoms with Crippen LogP contribution in [0.3, 0.4) is 0 Å². The zero-order chi connectivity index (χ0) is 18.4. The molecule has 0 aromatic heterocycles. The van der Waals surface area contributed by atoms with Crippen molar-refractivity contribution in [3.63, 3.8) is 0 Å². The third-order valence-corrected chi connectivity index (χ3v) is 4.61. The molecule has 1 atom stereocenters. The summed E-state index contributed by atoms with van der Waals surface area (Å²) < 4.78 is 47.0. The molecule has 1 aliphatic rings. The van der Waals surface area contributed by atoms with E-state index in [1.54, 1.807) is 12.1 Å². The van der Waals surface area contributed by atoms with E-state index in [1.165, 1.54) is 24.3 Å². The van der Waals surface area contributed by atoms with Crippen LogP contribution < -0.4 is 5.32 Å². The number of rotatable bonds is 2. The number of halogens is 5. The molecule has 25 heavy (non-hydrogen) atoms. The van der Waals surface area contributed by atoms with Crippen LogP contribution in [0.4, 0.5) is 18.9 Å². The minimum Gasteiger partial charge on any atom is -0.430 e. The molecular weight excluding hydrogens is 474 g/mol. The highest BCUT2D eigenvalue weighted by Gasteiger charge is 2.68. The molecular formula is C16H8ClF3INO3. The van der Waals surface area contributed by atoms with Crippen molar-refractivity contribution in [3.05, 3.63) is 62.2 Å². The largest absolute Gasteiger partial charge is 0.442 e. The Morgan fingerprint density at radius 2 is 1.80 bits per heavy atom. The third kappa shape index (κ3) is 2.97. The molecule has 1 aliphatic heterocycles. The van der Waals surface area contributed by atoms with E-state index in [9.17, 15) is 22.8 Å². The van der Waals surface area contributed by atoms with Crippen LogP contribution in [0.1, 0.15) is 15.9 Å². The van der Waals surface area contributed by atoms with Crippen molar-refractivity contribution in [1.82, 2.24) is 0 Å². The van der Waals surface area contributed by atoms with Gasteiger partial charge in [0.05, 0.1) is 11.3 Å². The number of esters is 1. The fraction of sp³-hybridized carbons (Fsp3) is 0.125. The van der Waals surface area contributed by atoms with Crippen molar-refractivity contribution in [2.75, 3.05) is 5.32 Å². The molecule has 9 heteroatoms. The molecule has 2 aromatic carbocycles. The number of hydrogen-bond donors (Lipinski definition) is 1. The van der Waals surface area contributed by atoms with Crippen LogP contribution >= 0.6 is 34.2 Å². The third-order valence-electron chi connectivity index (χ3n) is 3.65. The maximum Gasteiger partial charge on any atom is 0.442 e. The second-order valence-corrected chi connectivity index (χ2v) is 6.90. The van der Waals surface area contributed by atoms with Crippen LogP contribution in [-0.2, 0) is 15.1 Å². The molecule has 0 fully saturated rings. The van der Waals surface area contributed by atoms with Crippen LogP contribution in [-0.4, -0.2) is 18.1 Å². The maximum atomic E-state index is 13.8. The van der Waals surface area contributed by atoms with Crippen LogP contribution in [0.25, 0.3) is 0 Å². The lowest BCUT2D eigenvalue weighted by atomic mass is 9.94. The number of carbonyl (C=O) groups excluding carboxylic acids is 2. The molecule has 0 bridgehead atoms. The predicted octanol–water partition coefficient (Wildman–Crippen LogP) is 4.51. The lowest BCUT2D eigenvalue weighted by Crippen LogP contribution is -2.51. The number of amides is 1. The Hall–Kier alpha value is -1.81. The smallest absolute Gasteiger partial charge is 0.430 e. The standard InChI is InChI=1S/C16H8ClF3INO3/c17-9-3-6-11-12(7-9)22-14(24)15(11,16(18,19)20)25-13(23)8-1-4-10(21)5-2-8/h1-7H,(H,22,24). The molecule has 0 saturated carbocycles. The SMILES string of the molecule is O=C(OC1(C(F)(F)F)C(=O)Nc2cc(Cl)ccc21)c1ccc(I)cc1. The molecule has 0 saturated heterocycles. The summed E-state index contributed by atoms with van der Waals surface area (Å²) in [4.78, 5) is 24.4. The first kappa shape index (κ1) is 18.0. The van der Waals surface area contributed by atoms with Crippen molar-refractivity contribution >= 4 is 51.8 Å². The van der Waals surface area contributed by atoms with Crippen molar-refractivity contribution < 1.29 is 27.5 Å². The number of benzene rings is 2. The second-order valence-electron chi connectivity index (χ2n) is 5.22. The summed E-state index contributed by atoms with van der Waals surface area (Å²) in [5.41, 5.74) is -4.18. The van der Waals surface area contributed by atoms with E-state index < -0.39 is 29.2 Å². The van der Waals surface area contributed by atoms with Gasteiger partial charge >= 0.3 is 17.7 Å². The van der Waals surface area contributed by atoms with Gasteiger partial charge in [0, 0.05) is 14.2 Å². The first-order valence-corrected chi connectivity index (χ1v) is 8.28. The summed E-state index contributed by atoms with van der Waals surface area (Å²) in [6.45, 7) is 0. The molecule has 1 N–H and O–H groups in total. The normalized spacial score (nSPS) is 19.3. The quantitative estimate of drug-likeness (QED) is 0.507. The Bertz CT molecular complexity index is 870. The van der Waals surface area contributed by atoms with E-state index in [0.717, 1.165) is 9.64 Å². The molecule has 1 amide bonds. The van der Waals surface area contributed by atoms with E-state index >= 15 is 0 Å². The Morgan fingerprint density at radius 3 is 2.40 bits per heavy atom. The zero-order valence-electron chi connectivity index (χ0n) is 12.2. The molecule has 0 spiro atoms. The Morgan fingerprint density at radius 1 is 1.16 bits per heavy atom. The van der Waals surface area contributed by atoms with Crippen LogP contribution in [0.2, 0.25) is 5.02 Å². The van der Waals surface area contributed by atoms with Gasteiger partial charge in [-0.2, -0.15) is 13.2 Å². The highest BCUT2D eigenvalue weighted by atomic mass is 127. The molecule has 2 aromatic rings. The Labute approximate surface area is 158 Å². The second kappa shape index (κ2) is 6.17. The van der Waals surface area contributed by atoms with Gasteiger partial charge in [0.1, 0.15) is 0 Å². The van der Waals surface area contributed by atoms with Crippen molar-refractivity contribution in [2.45, 2.75) is 11.8 Å². The monoisotopic (exact) mass is 481 g/mol. The van der Waals surface area contributed by atoms with Gasteiger partial charge in [0.2, 0.25) is 0 Å². The van der Waals surface area contributed by atoms with E-state index in [-0.39, 0.29) is 16.3 Å². The highest BCUT2D eigenvalue weighted by Crippen LogP contribution is 2.50. The molecule has 1 heterocycles. The summed E-state index contributed by atoms with van der Waals surface area (Å²) in [6, 6.07) is 9.11. The minimum atomic E-state index is -5.16. The fourth-order valence-corrected chi connectivity index (χ4v) is 3.02. The fourth-order valence-electron chi connectivity index (χ4n) is 2.48. The average Bonchev–Trinajstić information content (AvgIpc) is 2.79. The molecule has 130 valence electrons. The number of fused-ring (bicyclic) bond motifs is 1. The minimum absolute atomic E-state index is 0.0979. The predicted molar refractivity (Wildman–Crippen MR) is 92.4 cm³/mol. The number of nitrogens with one attached hydrogen (secondary N) is 1. The summed E-state index contributed by atoms with van der Waals surface area (Å²) in [5.74, 6) is -2.75. The summed E-state index contributed by atoms with van der Waals surface area (Å²) >= 11 is 7.74. The van der Waals surface area contributed by atoms with E-state index in [1.807, 2.05) is 22.6 Å². The summed E-state index contributed by atoms with van der Waals surface area (Å²) in [7, 11) is 0. The number of hydrogen-bond acceptors (Lipinski definition) is 3. The molecule has 1 unspecified atom stereocenters. The average molecular weight is 482 g/mol. The van der Waals surface area contributed by atoms with E-state index in [4.69, 9.17) is 16.3 Å². The maximum absolute atomic E-state index is 13.8. The first-order chi connectivity index (χ1) is 11.6. The van der Waals surface area contributed by atoms with Crippen molar-refractivity contribution in [3.8, 4) is 0 Å². The van der Waals surface area contributed by atoms with Crippen molar-refractivity contribution in [2.24, 2.45) is 0 Å². The van der Waals surface area contributed by atoms with Crippen LogP contribution in [0.5, 0.6) is 0 Å². The van der Waals surface area contributed by atoms with E-state index in [2.05, 4.69) is 5.32 Å². The van der Waals surface area contributed by atoms with E-state index in [0.29, 0.717) is 0 Å². The summed E-state index contributed by atoms with van der Waals surface area (Å²) in [5, 5.41) is 2.22. The first-order valence-electron chi connectivity index (χ1n) is 6.82. The summed E-state index contributed by atoms with van der Waals surface area (Å²) in [6.07, 6.45) is -5.16. The van der Waals surface area contributed by atoms with Gasteiger partial charge in [-0.3, -0.25) is 4.79 Å². The molecule has 0 aliphatic carbocycles. The number of alkyl halides is 3. The van der Waals surface area contributed by atoms with Gasteiger partial charge in [-0.1, -0.05) is 17.7 Å². The highest BCUT2D eigenvalue weighted by molar-refractivity contribution is 14.1. The van der Waals surface area contributed by atoms with Crippen molar-refractivity contribution in [1.29, 1.82) is 0 Å².